The van der Waals surface area contributed by atoms with E-state index in [1.165, 1.54) is 22.4 Å². The summed E-state index contributed by atoms with van der Waals surface area (Å²) in [5.41, 5.74) is 2.78. The lowest BCUT2D eigenvalue weighted by molar-refractivity contribution is -0.128. The van der Waals surface area contributed by atoms with E-state index >= 15 is 0 Å². The molecule has 114 valence electrons. The Labute approximate surface area is 138 Å². The second-order valence-corrected chi connectivity index (χ2v) is 6.63. The van der Waals surface area contributed by atoms with Crippen LogP contribution in [-0.4, -0.2) is 28.4 Å². The molecule has 4 nitrogen and oxygen atoms in total. The van der Waals surface area contributed by atoms with E-state index in [-0.39, 0.29) is 23.1 Å². The minimum Gasteiger partial charge on any atom is -0.298 e. The highest BCUT2D eigenvalue weighted by Gasteiger charge is 2.33. The quantitative estimate of drug-likeness (QED) is 0.400. The third-order valence-corrected chi connectivity index (χ3v) is 5.25. The monoisotopic (exact) mass is 332 g/mol. The molecule has 0 bridgehead atoms. The number of carbonyl (C=O) groups is 2. The Morgan fingerprint density at radius 1 is 1.36 bits per heavy atom. The first-order valence-corrected chi connectivity index (χ1v) is 8.49. The van der Waals surface area contributed by atoms with Crippen molar-refractivity contribution < 1.29 is 9.59 Å². The van der Waals surface area contributed by atoms with Gasteiger partial charge in [-0.1, -0.05) is 6.08 Å². The van der Waals surface area contributed by atoms with Gasteiger partial charge in [-0.2, -0.15) is 0 Å². The summed E-state index contributed by atoms with van der Waals surface area (Å²) in [5, 5.41) is 4.85. The first kappa shape index (κ1) is 15.1. The fourth-order valence-electron chi connectivity index (χ4n) is 2.79. The summed E-state index contributed by atoms with van der Waals surface area (Å²) in [6.45, 7) is 3.91. The van der Waals surface area contributed by atoms with Crippen LogP contribution in [-0.2, 0) is 22.4 Å². The lowest BCUT2D eigenvalue weighted by Crippen LogP contribution is -2.53. The molecule has 0 atom stereocenters. The molecule has 1 aliphatic carbocycles. The van der Waals surface area contributed by atoms with Crippen molar-refractivity contribution in [3.63, 3.8) is 0 Å². The number of thiophene rings is 1. The van der Waals surface area contributed by atoms with Gasteiger partial charge < -0.3 is 0 Å². The van der Waals surface area contributed by atoms with E-state index in [1.54, 1.807) is 23.5 Å². The topological polar surface area (TPSA) is 49.4 Å². The van der Waals surface area contributed by atoms with E-state index in [9.17, 15) is 9.59 Å². The van der Waals surface area contributed by atoms with Crippen LogP contribution in [0, 0.1) is 0 Å². The zero-order valence-electron chi connectivity index (χ0n) is 12.1. The summed E-state index contributed by atoms with van der Waals surface area (Å²) in [7, 11) is 0. The van der Waals surface area contributed by atoms with Gasteiger partial charge in [0, 0.05) is 11.4 Å². The van der Waals surface area contributed by atoms with Crippen molar-refractivity contribution >= 4 is 46.6 Å². The Morgan fingerprint density at radius 3 is 2.91 bits per heavy atom. The van der Waals surface area contributed by atoms with Crippen LogP contribution in [0.2, 0.25) is 0 Å². The number of rotatable bonds is 3. The Hall–Kier alpha value is -1.79. The van der Waals surface area contributed by atoms with E-state index in [2.05, 4.69) is 17.3 Å². The normalized spacial score (nSPS) is 20.1. The predicted octanol–water partition coefficient (Wildman–Crippen LogP) is 2.44. The number of nitrogens with one attached hydrogen (secondary N) is 1. The molecule has 2 aliphatic rings. The van der Waals surface area contributed by atoms with Crippen LogP contribution in [0.25, 0.3) is 6.08 Å². The molecular weight excluding hydrogens is 316 g/mol. The predicted molar refractivity (Wildman–Crippen MR) is 91.6 cm³/mol. The second-order valence-electron chi connectivity index (χ2n) is 5.33. The SMILES string of the molecule is C=CCN1C(=O)/C(=C/c2scc3c2CCCC3)C(=O)NC1=S. The van der Waals surface area contributed by atoms with Gasteiger partial charge in [0.15, 0.2) is 5.11 Å². The number of amides is 2. The summed E-state index contributed by atoms with van der Waals surface area (Å²) >= 11 is 6.64. The number of fused-ring (bicyclic) bond motifs is 1. The molecule has 0 aromatic carbocycles. The Bertz CT molecular complexity index is 703. The number of carbonyl (C=O) groups excluding carboxylic acids is 2. The third-order valence-electron chi connectivity index (χ3n) is 3.91. The van der Waals surface area contributed by atoms with Gasteiger partial charge in [-0.15, -0.1) is 17.9 Å². The number of thiocarbonyl (C=S) groups is 1. The highest BCUT2D eigenvalue weighted by molar-refractivity contribution is 7.80. The molecule has 1 fully saturated rings. The zero-order chi connectivity index (χ0) is 15.7. The highest BCUT2D eigenvalue weighted by Crippen LogP contribution is 2.31. The van der Waals surface area contributed by atoms with E-state index < -0.39 is 5.91 Å². The molecule has 3 rings (SSSR count). The van der Waals surface area contributed by atoms with E-state index in [4.69, 9.17) is 12.2 Å². The van der Waals surface area contributed by atoms with Crippen molar-refractivity contribution in [3.05, 3.63) is 39.6 Å². The summed E-state index contributed by atoms with van der Waals surface area (Å²) in [6, 6.07) is 0. The van der Waals surface area contributed by atoms with Crippen molar-refractivity contribution in [1.82, 2.24) is 10.2 Å². The zero-order valence-corrected chi connectivity index (χ0v) is 13.7. The maximum Gasteiger partial charge on any atom is 0.265 e. The van der Waals surface area contributed by atoms with Crippen LogP contribution in [0.5, 0.6) is 0 Å². The second kappa shape index (κ2) is 6.14. The molecule has 0 saturated carbocycles. The van der Waals surface area contributed by atoms with Gasteiger partial charge in [-0.05, 0) is 60.5 Å². The molecule has 2 heterocycles. The van der Waals surface area contributed by atoms with Crippen molar-refractivity contribution in [2.45, 2.75) is 25.7 Å². The van der Waals surface area contributed by atoms with Crippen LogP contribution in [0.3, 0.4) is 0 Å². The molecule has 0 spiro atoms. The van der Waals surface area contributed by atoms with Crippen LogP contribution < -0.4 is 5.32 Å². The Morgan fingerprint density at radius 2 is 2.14 bits per heavy atom. The van der Waals surface area contributed by atoms with Gasteiger partial charge in [0.05, 0.1) is 0 Å². The number of hydrogen-bond acceptors (Lipinski definition) is 4. The summed E-state index contributed by atoms with van der Waals surface area (Å²) < 4.78 is 0. The summed E-state index contributed by atoms with van der Waals surface area (Å²) in [6.07, 6.45) is 7.77. The smallest absolute Gasteiger partial charge is 0.265 e. The molecule has 1 N–H and O–H groups in total. The number of hydrogen-bond donors (Lipinski definition) is 1. The summed E-state index contributed by atoms with van der Waals surface area (Å²) in [5.74, 6) is -0.778. The maximum atomic E-state index is 12.5. The number of aryl methyl sites for hydroxylation is 1. The molecule has 1 aromatic rings. The maximum absolute atomic E-state index is 12.5. The fourth-order valence-corrected chi connectivity index (χ4v) is 4.13. The highest BCUT2D eigenvalue weighted by atomic mass is 32.1. The van der Waals surface area contributed by atoms with Gasteiger partial charge in [0.25, 0.3) is 11.8 Å². The molecule has 1 aromatic heterocycles. The molecule has 1 saturated heterocycles. The Balaban J connectivity index is 1.96. The third kappa shape index (κ3) is 2.64. The van der Waals surface area contributed by atoms with Crippen molar-refractivity contribution in [2.75, 3.05) is 6.54 Å². The van der Waals surface area contributed by atoms with E-state index in [0.29, 0.717) is 0 Å². The van der Waals surface area contributed by atoms with Gasteiger partial charge in [0.1, 0.15) is 5.57 Å². The molecule has 6 heteroatoms. The largest absolute Gasteiger partial charge is 0.298 e. The molecule has 22 heavy (non-hydrogen) atoms. The lowest BCUT2D eigenvalue weighted by atomic mass is 9.93. The first-order chi connectivity index (χ1) is 10.6. The molecule has 2 amide bonds. The summed E-state index contributed by atoms with van der Waals surface area (Å²) in [4.78, 5) is 27.0. The van der Waals surface area contributed by atoms with Crippen LogP contribution in [0.1, 0.15) is 28.8 Å². The van der Waals surface area contributed by atoms with Crippen molar-refractivity contribution in [3.8, 4) is 0 Å². The van der Waals surface area contributed by atoms with E-state index in [1.807, 2.05) is 0 Å². The van der Waals surface area contributed by atoms with Crippen LogP contribution >= 0.6 is 23.6 Å². The average molecular weight is 332 g/mol. The van der Waals surface area contributed by atoms with Crippen molar-refractivity contribution in [1.29, 1.82) is 0 Å². The van der Waals surface area contributed by atoms with Crippen LogP contribution in [0.4, 0.5) is 0 Å². The molecule has 0 radical (unpaired) electrons. The Kier molecular flexibility index (Phi) is 4.22. The minimum absolute atomic E-state index is 0.139. The van der Waals surface area contributed by atoms with Gasteiger partial charge >= 0.3 is 0 Å². The fraction of sp³-hybridized carbons (Fsp3) is 0.312. The average Bonchev–Trinajstić information content (AvgIpc) is 2.91. The first-order valence-electron chi connectivity index (χ1n) is 7.21. The van der Waals surface area contributed by atoms with Gasteiger partial charge in [-0.25, -0.2) is 0 Å². The lowest BCUT2D eigenvalue weighted by Gasteiger charge is -2.27. The van der Waals surface area contributed by atoms with Gasteiger partial charge in [0.2, 0.25) is 0 Å². The van der Waals surface area contributed by atoms with E-state index in [0.717, 1.165) is 24.1 Å². The minimum atomic E-state index is -0.423. The molecular formula is C16H16N2O2S2. The molecule has 0 unspecified atom stereocenters. The van der Waals surface area contributed by atoms with Gasteiger partial charge in [-0.3, -0.25) is 19.8 Å². The van der Waals surface area contributed by atoms with Crippen LogP contribution in [0.15, 0.2) is 23.6 Å². The molecule has 1 aliphatic heterocycles. The standard InChI is InChI=1S/C16H16N2O2S2/c1-2-7-18-15(20)12(14(19)17-16(18)21)8-13-11-6-4-3-5-10(11)9-22-13/h2,8-9H,1,3-7H2,(H,17,19,21)/b12-8+. The van der Waals surface area contributed by atoms with Crippen molar-refractivity contribution in [2.24, 2.45) is 0 Å². The number of nitrogens with zero attached hydrogens (tertiary/aromatic N) is 1.